The summed E-state index contributed by atoms with van der Waals surface area (Å²) in [4.78, 5) is 11.2. The Kier molecular flexibility index (Phi) is 7.03. The molecule has 0 aromatic rings. The molecule has 0 unspecified atom stereocenters. The molecule has 0 aliphatic carbocycles. The molecule has 0 aliphatic heterocycles. The number of rotatable bonds is 6. The van der Waals surface area contributed by atoms with Crippen LogP contribution in [0.15, 0.2) is 0 Å². The van der Waals surface area contributed by atoms with E-state index in [0.717, 1.165) is 0 Å². The van der Waals surface area contributed by atoms with Crippen LogP contribution >= 0.6 is 0 Å². The van der Waals surface area contributed by atoms with Crippen LogP contribution in [-0.2, 0) is 18.9 Å². The van der Waals surface area contributed by atoms with Crippen LogP contribution in [0.3, 0.4) is 0 Å². The van der Waals surface area contributed by atoms with Gasteiger partial charge in [0.25, 0.3) is 0 Å². The lowest BCUT2D eigenvalue weighted by molar-refractivity contribution is -0.127. The van der Waals surface area contributed by atoms with Crippen molar-refractivity contribution in [3.05, 3.63) is 0 Å². The van der Waals surface area contributed by atoms with Gasteiger partial charge in [0.1, 0.15) is 0 Å². The molecule has 7 nitrogen and oxygen atoms in total. The zero-order valence-corrected chi connectivity index (χ0v) is 8.70. The summed E-state index contributed by atoms with van der Waals surface area (Å²) in [7, 11) is 5.61. The van der Waals surface area contributed by atoms with E-state index in [1.165, 1.54) is 28.4 Å². The average Bonchev–Trinajstić information content (AvgIpc) is 2.22. The summed E-state index contributed by atoms with van der Waals surface area (Å²) in [6, 6.07) is -0.521. The largest absolute Gasteiger partial charge is 0.339 e. The highest BCUT2D eigenvalue weighted by Crippen LogP contribution is 1.87. The molecule has 0 aromatic carbocycles. The molecule has 0 saturated heterocycles. The first-order valence-corrected chi connectivity index (χ1v) is 3.86. The van der Waals surface area contributed by atoms with Crippen LogP contribution in [0.4, 0.5) is 4.79 Å². The molecule has 0 aliphatic rings. The summed E-state index contributed by atoms with van der Waals surface area (Å²) < 4.78 is 19.0. The van der Waals surface area contributed by atoms with E-state index >= 15 is 0 Å². The Labute approximate surface area is 82.6 Å². The molecule has 0 atom stereocenters. The maximum atomic E-state index is 11.2. The molecule has 0 radical (unpaired) electrons. The molecule has 14 heavy (non-hydrogen) atoms. The molecular weight excluding hydrogens is 192 g/mol. The first-order chi connectivity index (χ1) is 6.67. The summed E-state index contributed by atoms with van der Waals surface area (Å²) in [6.45, 7) is 0. The molecule has 0 spiro atoms. The molecule has 2 amide bonds. The van der Waals surface area contributed by atoms with Crippen molar-refractivity contribution in [1.82, 2.24) is 10.6 Å². The van der Waals surface area contributed by atoms with E-state index in [4.69, 9.17) is 18.9 Å². The summed E-state index contributed by atoms with van der Waals surface area (Å²) >= 11 is 0. The number of hydrogen-bond acceptors (Lipinski definition) is 5. The lowest BCUT2D eigenvalue weighted by Crippen LogP contribution is -2.48. The van der Waals surface area contributed by atoms with Crippen molar-refractivity contribution in [1.29, 1.82) is 0 Å². The Hall–Kier alpha value is -0.890. The van der Waals surface area contributed by atoms with E-state index in [2.05, 4.69) is 10.6 Å². The SMILES string of the molecule is COC(NC(=O)NC(OC)OC)OC. The third-order valence-electron chi connectivity index (χ3n) is 1.35. The van der Waals surface area contributed by atoms with Crippen molar-refractivity contribution >= 4 is 6.03 Å². The van der Waals surface area contributed by atoms with Crippen LogP contribution in [0.1, 0.15) is 0 Å². The summed E-state index contributed by atoms with van der Waals surface area (Å²) in [5.41, 5.74) is 0. The van der Waals surface area contributed by atoms with Gasteiger partial charge in [0, 0.05) is 28.4 Å². The van der Waals surface area contributed by atoms with Crippen molar-refractivity contribution < 1.29 is 23.7 Å². The van der Waals surface area contributed by atoms with E-state index in [9.17, 15) is 4.79 Å². The predicted molar refractivity (Wildman–Crippen MR) is 47.3 cm³/mol. The molecule has 0 aromatic heterocycles. The quantitative estimate of drug-likeness (QED) is 0.572. The Morgan fingerprint density at radius 1 is 0.857 bits per heavy atom. The van der Waals surface area contributed by atoms with Crippen molar-refractivity contribution in [2.75, 3.05) is 28.4 Å². The van der Waals surface area contributed by atoms with Gasteiger partial charge in [-0.2, -0.15) is 0 Å². The molecule has 0 saturated carbocycles. The number of nitrogens with one attached hydrogen (secondary N) is 2. The van der Waals surface area contributed by atoms with Crippen LogP contribution in [-0.4, -0.2) is 47.3 Å². The fourth-order valence-electron chi connectivity index (χ4n) is 0.684. The van der Waals surface area contributed by atoms with Gasteiger partial charge in [-0.3, -0.25) is 10.6 Å². The van der Waals surface area contributed by atoms with Gasteiger partial charge in [0.15, 0.2) is 0 Å². The van der Waals surface area contributed by atoms with E-state index in [-0.39, 0.29) is 0 Å². The highest BCUT2D eigenvalue weighted by Gasteiger charge is 2.13. The lowest BCUT2D eigenvalue weighted by Gasteiger charge is -2.18. The monoisotopic (exact) mass is 208 g/mol. The van der Waals surface area contributed by atoms with E-state index in [0.29, 0.717) is 0 Å². The maximum Gasteiger partial charge on any atom is 0.322 e. The van der Waals surface area contributed by atoms with Gasteiger partial charge >= 0.3 is 6.03 Å². The zero-order chi connectivity index (χ0) is 11.0. The second-order valence-electron chi connectivity index (χ2n) is 2.22. The number of hydrogen-bond donors (Lipinski definition) is 2. The Balaban J connectivity index is 3.83. The standard InChI is InChI=1S/C7H16N2O5/c1-11-6(12-2)8-5(10)9-7(13-3)14-4/h6-7H,1-4H3,(H2,8,9,10). The molecule has 0 rings (SSSR count). The summed E-state index contributed by atoms with van der Waals surface area (Å²) in [5.74, 6) is 0. The van der Waals surface area contributed by atoms with Crippen LogP contribution in [0, 0.1) is 0 Å². The number of carbonyl (C=O) groups is 1. The summed E-state index contributed by atoms with van der Waals surface area (Å²) in [6.07, 6.45) is -1.60. The molecule has 84 valence electrons. The molecule has 7 heteroatoms. The van der Waals surface area contributed by atoms with Crippen molar-refractivity contribution in [2.24, 2.45) is 0 Å². The molecule has 2 N–H and O–H groups in total. The highest BCUT2D eigenvalue weighted by molar-refractivity contribution is 5.73. The number of ether oxygens (including phenoxy) is 4. The van der Waals surface area contributed by atoms with Gasteiger partial charge in [-0.25, -0.2) is 4.79 Å². The van der Waals surface area contributed by atoms with Crippen LogP contribution in [0.5, 0.6) is 0 Å². The molecule has 0 heterocycles. The Morgan fingerprint density at radius 2 is 1.14 bits per heavy atom. The smallest absolute Gasteiger partial charge is 0.322 e. The minimum absolute atomic E-state index is 0.521. The average molecular weight is 208 g/mol. The summed E-state index contributed by atoms with van der Waals surface area (Å²) in [5, 5.41) is 4.72. The first-order valence-electron chi connectivity index (χ1n) is 3.86. The zero-order valence-electron chi connectivity index (χ0n) is 8.70. The van der Waals surface area contributed by atoms with Gasteiger partial charge in [-0.15, -0.1) is 0 Å². The van der Waals surface area contributed by atoms with Crippen LogP contribution < -0.4 is 10.6 Å². The van der Waals surface area contributed by atoms with E-state index in [1.54, 1.807) is 0 Å². The fraction of sp³-hybridized carbons (Fsp3) is 0.857. The normalized spacial score (nSPS) is 10.7. The van der Waals surface area contributed by atoms with Crippen molar-refractivity contribution in [3.63, 3.8) is 0 Å². The highest BCUT2D eigenvalue weighted by atomic mass is 16.7. The Morgan fingerprint density at radius 3 is 1.36 bits per heavy atom. The first kappa shape index (κ1) is 13.1. The molecule has 0 bridgehead atoms. The van der Waals surface area contributed by atoms with Crippen LogP contribution in [0.25, 0.3) is 0 Å². The number of carbonyl (C=O) groups excluding carboxylic acids is 1. The topological polar surface area (TPSA) is 78.1 Å². The minimum Gasteiger partial charge on any atom is -0.339 e. The van der Waals surface area contributed by atoms with Crippen molar-refractivity contribution in [3.8, 4) is 0 Å². The van der Waals surface area contributed by atoms with Crippen LogP contribution in [0.2, 0.25) is 0 Å². The van der Waals surface area contributed by atoms with Gasteiger partial charge in [0.2, 0.25) is 12.8 Å². The molecule has 0 fully saturated rings. The van der Waals surface area contributed by atoms with Gasteiger partial charge in [-0.1, -0.05) is 0 Å². The second-order valence-corrected chi connectivity index (χ2v) is 2.22. The number of urea groups is 1. The van der Waals surface area contributed by atoms with Gasteiger partial charge in [-0.05, 0) is 0 Å². The van der Waals surface area contributed by atoms with E-state index in [1.807, 2.05) is 0 Å². The number of amides is 2. The van der Waals surface area contributed by atoms with Gasteiger partial charge in [0.05, 0.1) is 0 Å². The van der Waals surface area contributed by atoms with E-state index < -0.39 is 18.9 Å². The Bertz CT molecular complexity index is 142. The third-order valence-corrected chi connectivity index (χ3v) is 1.35. The maximum absolute atomic E-state index is 11.2. The minimum atomic E-state index is -0.802. The van der Waals surface area contributed by atoms with Crippen molar-refractivity contribution in [2.45, 2.75) is 12.8 Å². The molecular formula is C7H16N2O5. The third kappa shape index (κ3) is 4.97. The predicted octanol–water partition coefficient (Wildman–Crippen LogP) is -0.562. The lowest BCUT2D eigenvalue weighted by atomic mass is 10.8. The fourth-order valence-corrected chi connectivity index (χ4v) is 0.684. The number of methoxy groups -OCH3 is 4. The van der Waals surface area contributed by atoms with Gasteiger partial charge < -0.3 is 18.9 Å². The second kappa shape index (κ2) is 7.51.